The number of hydrogen-bond acceptors (Lipinski definition) is 5. The Balaban J connectivity index is 1.55. The van der Waals surface area contributed by atoms with Gasteiger partial charge in [-0.2, -0.15) is 0 Å². The van der Waals surface area contributed by atoms with Gasteiger partial charge < -0.3 is 18.8 Å². The molecule has 1 saturated heterocycles. The highest BCUT2D eigenvalue weighted by Crippen LogP contribution is 2.39. The number of rotatable bonds is 6. The summed E-state index contributed by atoms with van der Waals surface area (Å²) < 4.78 is 16.7. The lowest BCUT2D eigenvalue weighted by atomic mass is 10.0. The number of oxazole rings is 1. The molecule has 1 atom stereocenters. The lowest BCUT2D eigenvalue weighted by Crippen LogP contribution is -2.32. The molecule has 0 radical (unpaired) electrons. The fourth-order valence-electron chi connectivity index (χ4n) is 4.02. The quantitative estimate of drug-likeness (QED) is 0.600. The van der Waals surface area contributed by atoms with Crippen molar-refractivity contribution in [2.45, 2.75) is 32.2 Å². The average Bonchev–Trinajstić information content (AvgIpc) is 3.41. The minimum absolute atomic E-state index is 0.0147. The van der Waals surface area contributed by atoms with E-state index in [2.05, 4.69) is 4.98 Å². The van der Waals surface area contributed by atoms with Crippen molar-refractivity contribution in [2.75, 3.05) is 20.8 Å². The largest absolute Gasteiger partial charge is 0.497 e. The smallest absolute Gasteiger partial charge is 0.229 e. The fourth-order valence-corrected chi connectivity index (χ4v) is 4.02. The SMILES string of the molecule is COc1ccc([C@@H]2CCCN2C(=O)Cc2nc(-c3ccccc3)oc2C)c(OC)c1. The van der Waals surface area contributed by atoms with Crippen molar-refractivity contribution in [1.82, 2.24) is 9.88 Å². The molecule has 1 fully saturated rings. The highest BCUT2D eigenvalue weighted by molar-refractivity contribution is 5.79. The van der Waals surface area contributed by atoms with E-state index >= 15 is 0 Å². The highest BCUT2D eigenvalue weighted by Gasteiger charge is 2.32. The van der Waals surface area contributed by atoms with Gasteiger partial charge in [-0.15, -0.1) is 0 Å². The zero-order valence-corrected chi connectivity index (χ0v) is 17.6. The number of carbonyl (C=O) groups excluding carboxylic acids is 1. The van der Waals surface area contributed by atoms with E-state index < -0.39 is 0 Å². The van der Waals surface area contributed by atoms with Gasteiger partial charge in [-0.05, 0) is 44.0 Å². The van der Waals surface area contributed by atoms with Crippen LogP contribution in [0.25, 0.3) is 11.5 Å². The standard InChI is InChI=1S/C24H26N2O4/c1-16-20(25-24(30-16)17-8-5-4-6-9-17)15-23(27)26-13-7-10-21(26)19-12-11-18(28-2)14-22(19)29-3/h4-6,8-9,11-12,14,21H,7,10,13,15H2,1-3H3/t21-/m0/s1. The summed E-state index contributed by atoms with van der Waals surface area (Å²) in [5.41, 5.74) is 2.60. The number of hydrogen-bond donors (Lipinski definition) is 0. The summed E-state index contributed by atoms with van der Waals surface area (Å²) in [6.45, 7) is 2.58. The van der Waals surface area contributed by atoms with Crippen LogP contribution in [0.15, 0.2) is 52.9 Å². The molecule has 6 heteroatoms. The van der Waals surface area contributed by atoms with Gasteiger partial charge in [0.2, 0.25) is 11.8 Å². The van der Waals surface area contributed by atoms with Gasteiger partial charge in [-0.25, -0.2) is 4.98 Å². The monoisotopic (exact) mass is 406 g/mol. The number of likely N-dealkylation sites (tertiary alicyclic amines) is 1. The molecule has 6 nitrogen and oxygen atoms in total. The molecule has 156 valence electrons. The molecule has 4 rings (SSSR count). The molecule has 0 aliphatic carbocycles. The topological polar surface area (TPSA) is 64.8 Å². The van der Waals surface area contributed by atoms with Gasteiger partial charge in [0.25, 0.3) is 0 Å². The summed E-state index contributed by atoms with van der Waals surface area (Å²) in [4.78, 5) is 19.7. The van der Waals surface area contributed by atoms with Gasteiger partial charge in [0, 0.05) is 23.7 Å². The van der Waals surface area contributed by atoms with Crippen molar-refractivity contribution in [3.8, 4) is 23.0 Å². The van der Waals surface area contributed by atoms with Gasteiger partial charge in [0.05, 0.1) is 32.4 Å². The molecule has 2 heterocycles. The Kier molecular flexibility index (Phi) is 5.74. The molecule has 0 N–H and O–H groups in total. The molecule has 3 aromatic rings. The molecule has 0 spiro atoms. The molecule has 1 amide bonds. The maximum Gasteiger partial charge on any atom is 0.229 e. The second kappa shape index (κ2) is 8.61. The van der Waals surface area contributed by atoms with Crippen LogP contribution >= 0.6 is 0 Å². The van der Waals surface area contributed by atoms with Crippen molar-refractivity contribution in [1.29, 1.82) is 0 Å². The fraction of sp³-hybridized carbons (Fsp3) is 0.333. The van der Waals surface area contributed by atoms with Gasteiger partial charge >= 0.3 is 0 Å². The van der Waals surface area contributed by atoms with Crippen LogP contribution in [-0.2, 0) is 11.2 Å². The maximum absolute atomic E-state index is 13.2. The first-order valence-electron chi connectivity index (χ1n) is 10.1. The third-order valence-electron chi connectivity index (χ3n) is 5.60. The zero-order chi connectivity index (χ0) is 21.1. The predicted molar refractivity (Wildman–Crippen MR) is 114 cm³/mol. The van der Waals surface area contributed by atoms with E-state index in [0.717, 1.165) is 42.0 Å². The molecule has 1 aromatic heterocycles. The molecule has 30 heavy (non-hydrogen) atoms. The molecule has 2 aromatic carbocycles. The van der Waals surface area contributed by atoms with E-state index in [-0.39, 0.29) is 18.4 Å². The number of methoxy groups -OCH3 is 2. The van der Waals surface area contributed by atoms with Crippen LogP contribution in [0.1, 0.15) is 35.9 Å². The Morgan fingerprint density at radius 3 is 2.70 bits per heavy atom. The summed E-state index contributed by atoms with van der Waals surface area (Å²) in [7, 11) is 3.27. The van der Waals surface area contributed by atoms with Crippen LogP contribution in [0, 0.1) is 6.92 Å². The first-order chi connectivity index (χ1) is 14.6. The normalized spacial score (nSPS) is 16.0. The second-order valence-electron chi connectivity index (χ2n) is 7.42. The van der Waals surface area contributed by atoms with E-state index in [4.69, 9.17) is 13.9 Å². The Hall–Kier alpha value is -3.28. The van der Waals surface area contributed by atoms with Crippen LogP contribution in [-0.4, -0.2) is 36.6 Å². The Morgan fingerprint density at radius 2 is 1.97 bits per heavy atom. The zero-order valence-electron chi connectivity index (χ0n) is 17.6. The van der Waals surface area contributed by atoms with Gasteiger partial charge in [-0.1, -0.05) is 18.2 Å². The molecule has 0 bridgehead atoms. The molecule has 1 aliphatic heterocycles. The second-order valence-corrected chi connectivity index (χ2v) is 7.42. The van der Waals surface area contributed by atoms with Gasteiger partial charge in [0.1, 0.15) is 17.3 Å². The Labute approximate surface area is 176 Å². The molecule has 0 unspecified atom stereocenters. The third kappa shape index (κ3) is 3.90. The number of aromatic nitrogens is 1. The molecular weight excluding hydrogens is 380 g/mol. The predicted octanol–water partition coefficient (Wildman–Crippen LogP) is 4.57. The number of aryl methyl sites for hydroxylation is 1. The van der Waals surface area contributed by atoms with Crippen molar-refractivity contribution in [2.24, 2.45) is 0 Å². The Bertz CT molecular complexity index is 1030. The third-order valence-corrected chi connectivity index (χ3v) is 5.60. The van der Waals surface area contributed by atoms with E-state index in [1.54, 1.807) is 14.2 Å². The van der Waals surface area contributed by atoms with Crippen LogP contribution in [0.5, 0.6) is 11.5 Å². The van der Waals surface area contributed by atoms with Crippen molar-refractivity contribution < 1.29 is 18.7 Å². The number of carbonyl (C=O) groups is 1. The van der Waals surface area contributed by atoms with Crippen LogP contribution in [0.3, 0.4) is 0 Å². The Morgan fingerprint density at radius 1 is 1.17 bits per heavy atom. The highest BCUT2D eigenvalue weighted by atomic mass is 16.5. The average molecular weight is 406 g/mol. The minimum atomic E-state index is -0.0147. The number of ether oxygens (including phenoxy) is 2. The summed E-state index contributed by atoms with van der Waals surface area (Å²) in [5, 5.41) is 0. The molecular formula is C24H26N2O4. The van der Waals surface area contributed by atoms with Gasteiger partial charge in [-0.3, -0.25) is 4.79 Å². The van der Waals surface area contributed by atoms with Crippen LogP contribution < -0.4 is 9.47 Å². The van der Waals surface area contributed by atoms with E-state index in [1.165, 1.54) is 0 Å². The van der Waals surface area contributed by atoms with E-state index in [0.29, 0.717) is 17.3 Å². The van der Waals surface area contributed by atoms with Crippen molar-refractivity contribution >= 4 is 5.91 Å². The number of nitrogens with zero attached hydrogens (tertiary/aromatic N) is 2. The lowest BCUT2D eigenvalue weighted by Gasteiger charge is -2.26. The summed E-state index contributed by atoms with van der Waals surface area (Å²) in [6, 6.07) is 15.5. The first-order valence-corrected chi connectivity index (χ1v) is 10.1. The number of amides is 1. The van der Waals surface area contributed by atoms with Gasteiger partial charge in [0.15, 0.2) is 0 Å². The van der Waals surface area contributed by atoms with Crippen LogP contribution in [0.2, 0.25) is 0 Å². The first kappa shape index (κ1) is 20.0. The van der Waals surface area contributed by atoms with E-state index in [1.807, 2.05) is 60.4 Å². The van der Waals surface area contributed by atoms with Crippen LogP contribution in [0.4, 0.5) is 0 Å². The maximum atomic E-state index is 13.2. The van der Waals surface area contributed by atoms with Crippen molar-refractivity contribution in [3.05, 3.63) is 65.5 Å². The van der Waals surface area contributed by atoms with E-state index in [9.17, 15) is 4.79 Å². The summed E-state index contributed by atoms with van der Waals surface area (Å²) >= 11 is 0. The molecule has 0 saturated carbocycles. The summed E-state index contributed by atoms with van der Waals surface area (Å²) in [6.07, 6.45) is 2.08. The molecule has 1 aliphatic rings. The lowest BCUT2D eigenvalue weighted by molar-refractivity contribution is -0.131. The van der Waals surface area contributed by atoms with Crippen molar-refractivity contribution in [3.63, 3.8) is 0 Å². The minimum Gasteiger partial charge on any atom is -0.497 e. The number of benzene rings is 2. The summed E-state index contributed by atoms with van der Waals surface area (Å²) in [5.74, 6) is 2.75.